The van der Waals surface area contributed by atoms with Gasteiger partial charge in [0.15, 0.2) is 6.61 Å². The van der Waals surface area contributed by atoms with Crippen molar-refractivity contribution in [1.29, 1.82) is 0 Å². The first-order chi connectivity index (χ1) is 14.4. The van der Waals surface area contributed by atoms with Crippen molar-refractivity contribution in [3.05, 3.63) is 71.1 Å². The van der Waals surface area contributed by atoms with E-state index in [-0.39, 0.29) is 31.4 Å². The number of hydrogen-bond acceptors (Lipinski definition) is 6. The molecule has 0 aliphatic rings. The van der Waals surface area contributed by atoms with Crippen LogP contribution in [0.25, 0.3) is 11.4 Å². The summed E-state index contributed by atoms with van der Waals surface area (Å²) >= 11 is 5.87. The molecule has 0 fully saturated rings. The fraction of sp³-hybridized carbons (Fsp3) is 0.273. The molecule has 30 heavy (non-hydrogen) atoms. The van der Waals surface area contributed by atoms with Gasteiger partial charge < -0.3 is 14.2 Å². The second kappa shape index (κ2) is 10.0. The Morgan fingerprint density at radius 1 is 1.13 bits per heavy atom. The average Bonchev–Trinajstić information content (AvgIpc) is 3.25. The van der Waals surface area contributed by atoms with Gasteiger partial charge in [-0.25, -0.2) is 0 Å². The molecule has 1 amide bonds. The average molecular weight is 428 g/mol. The number of rotatable bonds is 8. The minimum absolute atomic E-state index is 0.0352. The summed E-state index contributed by atoms with van der Waals surface area (Å²) in [6.07, 6.45) is 0.261. The third-order valence-corrected chi connectivity index (χ3v) is 4.98. The summed E-state index contributed by atoms with van der Waals surface area (Å²) in [5.41, 5.74) is 1.77. The quantitative estimate of drug-likeness (QED) is 0.503. The van der Waals surface area contributed by atoms with Crippen LogP contribution in [0.5, 0.6) is 0 Å². The second-order valence-corrected chi connectivity index (χ2v) is 7.21. The summed E-state index contributed by atoms with van der Waals surface area (Å²) in [6.45, 7) is 1.61. The van der Waals surface area contributed by atoms with Crippen molar-refractivity contribution >= 4 is 23.5 Å². The number of nitrogens with zero attached hydrogens (tertiary/aromatic N) is 3. The smallest absolute Gasteiger partial charge is 0.306 e. The molecule has 0 aliphatic carbocycles. The highest BCUT2D eigenvalue weighted by atomic mass is 35.5. The van der Waals surface area contributed by atoms with E-state index in [1.807, 2.05) is 37.3 Å². The first kappa shape index (κ1) is 21.5. The van der Waals surface area contributed by atoms with Crippen LogP contribution in [-0.4, -0.2) is 40.6 Å². The number of aromatic nitrogens is 2. The van der Waals surface area contributed by atoms with Gasteiger partial charge in [-0.05, 0) is 36.8 Å². The Labute approximate surface area is 179 Å². The van der Waals surface area contributed by atoms with E-state index < -0.39 is 5.97 Å². The van der Waals surface area contributed by atoms with Crippen molar-refractivity contribution in [1.82, 2.24) is 15.0 Å². The number of hydrogen-bond donors (Lipinski definition) is 0. The van der Waals surface area contributed by atoms with Crippen LogP contribution in [0.1, 0.15) is 30.8 Å². The second-order valence-electron chi connectivity index (χ2n) is 6.77. The van der Waals surface area contributed by atoms with E-state index in [9.17, 15) is 9.59 Å². The molecule has 0 saturated carbocycles. The number of esters is 1. The summed E-state index contributed by atoms with van der Waals surface area (Å²) in [4.78, 5) is 30.1. The maximum absolute atomic E-state index is 12.3. The first-order valence-corrected chi connectivity index (χ1v) is 9.86. The van der Waals surface area contributed by atoms with E-state index in [0.29, 0.717) is 16.7 Å². The van der Waals surface area contributed by atoms with Crippen LogP contribution in [0.4, 0.5) is 0 Å². The van der Waals surface area contributed by atoms with Gasteiger partial charge in [0.2, 0.25) is 11.7 Å². The molecule has 3 rings (SSSR count). The predicted octanol–water partition coefficient (Wildman–Crippen LogP) is 4.09. The minimum Gasteiger partial charge on any atom is -0.456 e. The monoisotopic (exact) mass is 427 g/mol. The highest BCUT2D eigenvalue weighted by Crippen LogP contribution is 2.20. The van der Waals surface area contributed by atoms with Crippen LogP contribution in [0.2, 0.25) is 5.02 Å². The molecule has 1 atom stereocenters. The lowest BCUT2D eigenvalue weighted by atomic mass is 10.1. The van der Waals surface area contributed by atoms with Gasteiger partial charge in [-0.1, -0.05) is 47.1 Å². The van der Waals surface area contributed by atoms with Gasteiger partial charge in [-0.2, -0.15) is 4.98 Å². The third kappa shape index (κ3) is 5.67. The number of carbonyl (C=O) groups is 2. The molecule has 7 nitrogen and oxygen atoms in total. The van der Waals surface area contributed by atoms with Crippen molar-refractivity contribution in [2.24, 2.45) is 0 Å². The van der Waals surface area contributed by atoms with Crippen molar-refractivity contribution in [3.63, 3.8) is 0 Å². The lowest BCUT2D eigenvalue weighted by Gasteiger charge is -2.25. The molecule has 0 radical (unpaired) electrons. The lowest BCUT2D eigenvalue weighted by Crippen LogP contribution is -2.33. The molecule has 3 aromatic rings. The Morgan fingerprint density at radius 3 is 2.53 bits per heavy atom. The molecule has 0 N–H and O–H groups in total. The Kier molecular flexibility index (Phi) is 7.19. The van der Waals surface area contributed by atoms with Crippen LogP contribution < -0.4 is 0 Å². The van der Waals surface area contributed by atoms with E-state index in [0.717, 1.165) is 11.1 Å². The number of aryl methyl sites for hydroxylation is 1. The Hall–Kier alpha value is -3.19. The van der Waals surface area contributed by atoms with Crippen molar-refractivity contribution < 1.29 is 18.8 Å². The van der Waals surface area contributed by atoms with E-state index >= 15 is 0 Å². The zero-order chi connectivity index (χ0) is 21.5. The van der Waals surface area contributed by atoms with Crippen molar-refractivity contribution in [2.45, 2.75) is 25.8 Å². The van der Waals surface area contributed by atoms with Gasteiger partial charge in [0.25, 0.3) is 5.91 Å². The van der Waals surface area contributed by atoms with Crippen LogP contribution in [-0.2, 0) is 20.7 Å². The van der Waals surface area contributed by atoms with E-state index in [2.05, 4.69) is 10.1 Å². The maximum atomic E-state index is 12.3. The van der Waals surface area contributed by atoms with Gasteiger partial charge in [0.1, 0.15) is 0 Å². The van der Waals surface area contributed by atoms with Crippen LogP contribution in [0.15, 0.2) is 59.1 Å². The zero-order valence-electron chi connectivity index (χ0n) is 16.7. The summed E-state index contributed by atoms with van der Waals surface area (Å²) in [6, 6.07) is 16.6. The molecule has 0 bridgehead atoms. The van der Waals surface area contributed by atoms with E-state index in [4.69, 9.17) is 20.9 Å². The Morgan fingerprint density at radius 2 is 1.83 bits per heavy atom. The van der Waals surface area contributed by atoms with Crippen LogP contribution >= 0.6 is 11.6 Å². The zero-order valence-corrected chi connectivity index (χ0v) is 17.5. The number of benzene rings is 2. The van der Waals surface area contributed by atoms with Crippen molar-refractivity contribution in [2.75, 3.05) is 13.7 Å². The normalized spacial score (nSPS) is 11.7. The SMILES string of the molecule is CC(c1ccccc1)N(C)C(=O)COC(=O)CCc1nc(-c2ccc(Cl)cc2)no1. The molecule has 1 unspecified atom stereocenters. The molecule has 0 aliphatic heterocycles. The maximum Gasteiger partial charge on any atom is 0.306 e. The van der Waals surface area contributed by atoms with Gasteiger partial charge in [0, 0.05) is 24.1 Å². The number of halogens is 1. The highest BCUT2D eigenvalue weighted by molar-refractivity contribution is 6.30. The predicted molar refractivity (Wildman–Crippen MR) is 112 cm³/mol. The fourth-order valence-electron chi connectivity index (χ4n) is 2.77. The van der Waals surface area contributed by atoms with Gasteiger partial charge in [0.05, 0.1) is 12.5 Å². The summed E-state index contributed by atoms with van der Waals surface area (Å²) in [5, 5.41) is 4.51. The molecule has 0 spiro atoms. The summed E-state index contributed by atoms with van der Waals surface area (Å²) in [5.74, 6) is -0.0438. The molecule has 0 saturated heterocycles. The summed E-state index contributed by atoms with van der Waals surface area (Å²) in [7, 11) is 1.69. The van der Waals surface area contributed by atoms with Gasteiger partial charge in [-0.15, -0.1) is 0 Å². The number of ether oxygens (including phenoxy) is 1. The molecule has 8 heteroatoms. The van der Waals surface area contributed by atoms with Crippen LogP contribution in [0, 0.1) is 0 Å². The molecular weight excluding hydrogens is 406 g/mol. The van der Waals surface area contributed by atoms with Gasteiger partial charge in [-0.3, -0.25) is 9.59 Å². The Bertz CT molecular complexity index is 989. The highest BCUT2D eigenvalue weighted by Gasteiger charge is 2.19. The number of amides is 1. The number of likely N-dealkylation sites (N-methyl/N-ethyl adjacent to an activating group) is 1. The van der Waals surface area contributed by atoms with Crippen LogP contribution in [0.3, 0.4) is 0 Å². The molecule has 1 heterocycles. The van der Waals surface area contributed by atoms with Gasteiger partial charge >= 0.3 is 5.97 Å². The van der Waals surface area contributed by atoms with E-state index in [1.165, 1.54) is 0 Å². The largest absolute Gasteiger partial charge is 0.456 e. The molecule has 156 valence electrons. The standard InChI is InChI=1S/C22H22ClN3O4/c1-15(16-6-4-3-5-7-16)26(2)20(27)14-29-21(28)13-12-19-24-22(25-30-19)17-8-10-18(23)11-9-17/h3-11,15H,12-14H2,1-2H3. The number of carbonyl (C=O) groups excluding carboxylic acids is 2. The Balaban J connectivity index is 1.45. The molecular formula is C22H22ClN3O4. The summed E-state index contributed by atoms with van der Waals surface area (Å²) < 4.78 is 10.3. The first-order valence-electron chi connectivity index (χ1n) is 9.49. The van der Waals surface area contributed by atoms with Crippen molar-refractivity contribution in [3.8, 4) is 11.4 Å². The molecule has 1 aromatic heterocycles. The lowest BCUT2D eigenvalue weighted by molar-refractivity contribution is -0.152. The fourth-order valence-corrected chi connectivity index (χ4v) is 2.89. The molecule has 2 aromatic carbocycles. The van der Waals surface area contributed by atoms with E-state index in [1.54, 1.807) is 36.2 Å². The third-order valence-electron chi connectivity index (χ3n) is 4.73. The minimum atomic E-state index is -0.504. The topological polar surface area (TPSA) is 85.5 Å².